The number of aliphatic hydroxyl groups excluding tert-OH is 2. The summed E-state index contributed by atoms with van der Waals surface area (Å²) in [7, 11) is 0. The zero-order valence-corrected chi connectivity index (χ0v) is 13.8. The van der Waals surface area contributed by atoms with E-state index in [9.17, 15) is 15.0 Å². The Kier molecular flexibility index (Phi) is 4.39. The Labute approximate surface area is 142 Å². The predicted octanol–water partition coefficient (Wildman–Crippen LogP) is -1.49. The summed E-state index contributed by atoms with van der Waals surface area (Å²) in [4.78, 5) is 18.7. The van der Waals surface area contributed by atoms with Crippen LogP contribution >= 0.6 is 0 Å². The van der Waals surface area contributed by atoms with E-state index in [2.05, 4.69) is 9.97 Å². The number of nitrogens with one attached hydrogen (secondary N) is 2. The number of aromatic amines is 2. The second kappa shape index (κ2) is 6.50. The Morgan fingerprint density at radius 3 is 2.88 bits per heavy atom. The van der Waals surface area contributed by atoms with E-state index in [-0.39, 0.29) is 35.2 Å². The van der Waals surface area contributed by atoms with Crippen LogP contribution in [0.2, 0.25) is 0 Å². The lowest BCUT2D eigenvalue weighted by molar-refractivity contribution is 0.247. The van der Waals surface area contributed by atoms with E-state index in [4.69, 9.17) is 11.5 Å². The molecular weight excluding hydrogens is 322 g/mol. The van der Waals surface area contributed by atoms with Crippen molar-refractivity contribution < 1.29 is 10.2 Å². The van der Waals surface area contributed by atoms with Crippen molar-refractivity contribution in [3.05, 3.63) is 51.1 Å². The first-order valence-corrected chi connectivity index (χ1v) is 7.88. The second-order valence-electron chi connectivity index (χ2n) is 5.86. The molecule has 0 aliphatic rings. The Morgan fingerprint density at radius 2 is 2.20 bits per heavy atom. The summed E-state index contributed by atoms with van der Waals surface area (Å²) in [5.74, 6) is 0. The molecule has 0 unspecified atom stereocenters. The van der Waals surface area contributed by atoms with Crippen molar-refractivity contribution in [3.8, 4) is 0 Å². The number of nitrogen functional groups attached to an aromatic ring is 1. The van der Waals surface area contributed by atoms with Gasteiger partial charge in [0.15, 0.2) is 0 Å². The van der Waals surface area contributed by atoms with Crippen LogP contribution in [-0.4, -0.2) is 37.5 Å². The average Bonchev–Trinajstić information content (AvgIpc) is 3.12. The van der Waals surface area contributed by atoms with Gasteiger partial charge in [-0.2, -0.15) is 0 Å². The zero-order valence-electron chi connectivity index (χ0n) is 13.8. The van der Waals surface area contributed by atoms with E-state index in [1.807, 2.05) is 12.1 Å². The summed E-state index contributed by atoms with van der Waals surface area (Å²) < 4.78 is 1.31. The minimum absolute atomic E-state index is 0.0714. The first kappa shape index (κ1) is 16.9. The van der Waals surface area contributed by atoms with Crippen LogP contribution in [0, 0.1) is 0 Å². The molecule has 3 aromatic rings. The molecule has 0 bridgehead atoms. The number of aliphatic hydroxyl groups is 2. The third-order valence-corrected chi connectivity index (χ3v) is 4.11. The van der Waals surface area contributed by atoms with E-state index in [0.717, 1.165) is 16.5 Å². The zero-order chi connectivity index (χ0) is 18.1. The molecule has 2 heterocycles. The first-order chi connectivity index (χ1) is 11.9. The highest BCUT2D eigenvalue weighted by atomic mass is 16.3. The highest BCUT2D eigenvalue weighted by Gasteiger charge is 2.11. The number of aromatic nitrogens is 3. The highest BCUT2D eigenvalue weighted by Crippen LogP contribution is 2.24. The molecule has 2 aromatic heterocycles. The Bertz CT molecular complexity index is 1090. The van der Waals surface area contributed by atoms with Crippen LogP contribution in [0.1, 0.15) is 12.5 Å². The van der Waals surface area contributed by atoms with Gasteiger partial charge in [0, 0.05) is 28.4 Å². The van der Waals surface area contributed by atoms with E-state index < -0.39 is 6.10 Å². The Balaban J connectivity index is 2.31. The van der Waals surface area contributed by atoms with Gasteiger partial charge in [0.1, 0.15) is 10.8 Å². The van der Waals surface area contributed by atoms with Crippen LogP contribution in [0.15, 0.2) is 29.2 Å². The fourth-order valence-electron chi connectivity index (χ4n) is 2.84. The Hall–Kier alpha value is -2.97. The first-order valence-electron chi connectivity index (χ1n) is 7.88. The van der Waals surface area contributed by atoms with E-state index >= 15 is 0 Å². The van der Waals surface area contributed by atoms with Crippen LogP contribution in [0.3, 0.4) is 0 Å². The van der Waals surface area contributed by atoms with Gasteiger partial charge in [-0.25, -0.2) is 0 Å². The van der Waals surface area contributed by atoms with E-state index in [1.54, 1.807) is 18.3 Å². The average molecular weight is 343 g/mol. The van der Waals surface area contributed by atoms with Crippen LogP contribution in [-0.2, 0) is 6.54 Å². The van der Waals surface area contributed by atoms with Crippen molar-refractivity contribution in [3.63, 3.8) is 0 Å². The largest absolute Gasteiger partial charge is 0.398 e. The molecule has 0 radical (unpaired) electrons. The fraction of sp³-hybridized carbons (Fsp3) is 0.235. The van der Waals surface area contributed by atoms with Crippen LogP contribution in [0.25, 0.3) is 22.7 Å². The molecule has 0 spiro atoms. The standard InChI is InChI=1S/C17H21N5O3/c1-9(24)15(19)16-21-13(17(25)22(16)5-6-23)7-10-8-20-12-4-2-3-11(18)14(10)12/h2-4,7-9,20-21,23-24H,5-6,18-19H2,1H3/t9-/m1/s1. The number of nitrogens with zero attached hydrogens (tertiary/aromatic N) is 1. The molecule has 0 saturated carbocycles. The third-order valence-electron chi connectivity index (χ3n) is 4.11. The lowest BCUT2D eigenvalue weighted by atomic mass is 10.1. The minimum atomic E-state index is -0.931. The van der Waals surface area contributed by atoms with Crippen LogP contribution < -0.4 is 27.9 Å². The minimum Gasteiger partial charge on any atom is -0.398 e. The van der Waals surface area contributed by atoms with Crippen LogP contribution in [0.4, 0.5) is 5.69 Å². The molecule has 0 aliphatic carbocycles. The molecule has 25 heavy (non-hydrogen) atoms. The summed E-state index contributed by atoms with van der Waals surface area (Å²) in [6, 6.07) is 5.53. The fourth-order valence-corrected chi connectivity index (χ4v) is 2.84. The highest BCUT2D eigenvalue weighted by molar-refractivity contribution is 5.97. The van der Waals surface area contributed by atoms with Crippen molar-refractivity contribution in [1.29, 1.82) is 0 Å². The molecule has 8 nitrogen and oxygen atoms in total. The summed E-state index contributed by atoms with van der Waals surface area (Å²) in [5, 5.41) is 20.0. The molecule has 8 N–H and O–H groups in total. The van der Waals surface area contributed by atoms with E-state index in [1.165, 1.54) is 11.5 Å². The monoisotopic (exact) mass is 343 g/mol. The smallest absolute Gasteiger partial charge is 0.275 e. The summed E-state index contributed by atoms with van der Waals surface area (Å²) in [6.45, 7) is 1.35. The quantitative estimate of drug-likeness (QED) is 0.320. The number of imidazole rings is 1. The van der Waals surface area contributed by atoms with Crippen molar-refractivity contribution in [1.82, 2.24) is 14.5 Å². The van der Waals surface area contributed by atoms with Crippen molar-refractivity contribution in [2.24, 2.45) is 5.73 Å². The van der Waals surface area contributed by atoms with Gasteiger partial charge in [0.2, 0.25) is 0 Å². The molecule has 0 aliphatic heterocycles. The third kappa shape index (κ3) is 2.92. The molecule has 8 heteroatoms. The van der Waals surface area contributed by atoms with Gasteiger partial charge in [0.25, 0.3) is 5.56 Å². The van der Waals surface area contributed by atoms with Gasteiger partial charge in [-0.15, -0.1) is 0 Å². The lowest BCUT2D eigenvalue weighted by Crippen LogP contribution is -2.36. The molecule has 3 rings (SSSR count). The Morgan fingerprint density at radius 1 is 1.44 bits per heavy atom. The maximum atomic E-state index is 12.7. The number of anilines is 1. The molecule has 1 aromatic carbocycles. The van der Waals surface area contributed by atoms with Crippen molar-refractivity contribution in [2.75, 3.05) is 12.3 Å². The molecular formula is C17H21N5O3. The van der Waals surface area contributed by atoms with Gasteiger partial charge in [0.05, 0.1) is 25.0 Å². The molecule has 132 valence electrons. The van der Waals surface area contributed by atoms with Crippen LogP contribution in [0.5, 0.6) is 0 Å². The van der Waals surface area contributed by atoms with Crippen molar-refractivity contribution >= 4 is 28.4 Å². The second-order valence-corrected chi connectivity index (χ2v) is 5.86. The number of H-pyrrole nitrogens is 2. The topological polar surface area (TPSA) is 146 Å². The summed E-state index contributed by atoms with van der Waals surface area (Å²) in [5.41, 5.74) is 14.2. The van der Waals surface area contributed by atoms with Gasteiger partial charge in [-0.05, 0) is 25.1 Å². The molecule has 0 saturated heterocycles. The molecule has 0 fully saturated rings. The summed E-state index contributed by atoms with van der Waals surface area (Å²) in [6.07, 6.45) is 2.50. The van der Waals surface area contributed by atoms with Gasteiger partial charge in [-0.3, -0.25) is 9.36 Å². The maximum absolute atomic E-state index is 12.7. The van der Waals surface area contributed by atoms with Gasteiger partial charge in [-0.1, -0.05) is 6.07 Å². The van der Waals surface area contributed by atoms with E-state index in [0.29, 0.717) is 5.69 Å². The normalized spacial score (nSPS) is 14.9. The maximum Gasteiger partial charge on any atom is 0.275 e. The summed E-state index contributed by atoms with van der Waals surface area (Å²) >= 11 is 0. The number of hydrogen-bond acceptors (Lipinski definition) is 5. The van der Waals surface area contributed by atoms with Gasteiger partial charge >= 0.3 is 0 Å². The molecule has 1 atom stereocenters. The lowest BCUT2D eigenvalue weighted by Gasteiger charge is -2.05. The predicted molar refractivity (Wildman–Crippen MR) is 96.9 cm³/mol. The SMILES string of the molecule is C[C@@H](O)C(N)=c1[nH]c(=Cc2c[nH]c3cccc(N)c23)c(=O)n1CCO. The number of hydrogen-bond donors (Lipinski definition) is 6. The van der Waals surface area contributed by atoms with Gasteiger partial charge < -0.3 is 31.6 Å². The number of fused-ring (bicyclic) bond motifs is 1. The van der Waals surface area contributed by atoms with Crippen molar-refractivity contribution in [2.45, 2.75) is 19.6 Å². The number of nitrogens with two attached hydrogens (primary N) is 2. The number of rotatable bonds is 4. The number of benzene rings is 1. The molecule has 0 amide bonds.